The van der Waals surface area contributed by atoms with E-state index in [0.717, 1.165) is 11.1 Å². The van der Waals surface area contributed by atoms with Crippen LogP contribution in [0.1, 0.15) is 17.3 Å². The number of rotatable bonds is 8. The molecule has 0 aromatic heterocycles. The summed E-state index contributed by atoms with van der Waals surface area (Å²) in [6.07, 6.45) is 0. The highest BCUT2D eigenvalue weighted by Gasteiger charge is 2.16. The Hall–Kier alpha value is -3.49. The van der Waals surface area contributed by atoms with Gasteiger partial charge in [0.25, 0.3) is 5.91 Å². The highest BCUT2D eigenvalue weighted by molar-refractivity contribution is 7.89. The summed E-state index contributed by atoms with van der Waals surface area (Å²) in [6, 6.07) is 22.6. The van der Waals surface area contributed by atoms with Crippen molar-refractivity contribution in [2.75, 3.05) is 18.5 Å². The van der Waals surface area contributed by atoms with Crippen LogP contribution in [-0.2, 0) is 19.6 Å². The van der Waals surface area contributed by atoms with Gasteiger partial charge in [0.2, 0.25) is 10.0 Å². The van der Waals surface area contributed by atoms with E-state index in [4.69, 9.17) is 4.74 Å². The van der Waals surface area contributed by atoms with Crippen LogP contribution in [0.25, 0.3) is 11.1 Å². The maximum absolute atomic E-state index is 12.2. The number of hydrogen-bond acceptors (Lipinski definition) is 5. The Morgan fingerprint density at radius 1 is 0.871 bits per heavy atom. The number of benzene rings is 3. The molecule has 3 aromatic rings. The van der Waals surface area contributed by atoms with Gasteiger partial charge in [-0.05, 0) is 41.5 Å². The van der Waals surface area contributed by atoms with E-state index in [9.17, 15) is 18.0 Å². The fourth-order valence-electron chi connectivity index (χ4n) is 2.85. The van der Waals surface area contributed by atoms with E-state index in [2.05, 4.69) is 10.0 Å². The first-order valence-corrected chi connectivity index (χ1v) is 11.1. The van der Waals surface area contributed by atoms with Crippen LogP contribution in [0.15, 0.2) is 83.8 Å². The second kappa shape index (κ2) is 10.0. The predicted octanol–water partition coefficient (Wildman–Crippen LogP) is 3.45. The van der Waals surface area contributed by atoms with Crippen LogP contribution in [-0.4, -0.2) is 33.4 Å². The van der Waals surface area contributed by atoms with Crippen molar-refractivity contribution in [3.8, 4) is 11.1 Å². The molecule has 0 aliphatic carbocycles. The van der Waals surface area contributed by atoms with Crippen LogP contribution >= 0.6 is 0 Å². The number of sulfonamides is 1. The Labute approximate surface area is 181 Å². The maximum atomic E-state index is 12.2. The minimum atomic E-state index is -3.70. The molecule has 8 heteroatoms. The Bertz CT molecular complexity index is 1160. The molecule has 0 saturated heterocycles. The second-order valence-corrected chi connectivity index (χ2v) is 8.36. The first-order chi connectivity index (χ1) is 14.9. The van der Waals surface area contributed by atoms with Crippen molar-refractivity contribution in [3.05, 3.63) is 84.4 Å². The zero-order chi connectivity index (χ0) is 22.3. The number of amides is 1. The molecule has 1 amide bonds. The van der Waals surface area contributed by atoms with Gasteiger partial charge in [0.05, 0.1) is 10.5 Å². The minimum Gasteiger partial charge on any atom is -0.452 e. The monoisotopic (exact) mass is 438 g/mol. The third kappa shape index (κ3) is 6.00. The van der Waals surface area contributed by atoms with Crippen LogP contribution in [0, 0.1) is 0 Å². The standard InChI is InChI=1S/C23H22N2O5S/c1-2-24-31(28,29)21-10-6-9-19(15-21)23(27)30-16-22(26)25-20-13-11-18(12-14-20)17-7-4-3-5-8-17/h3-15,24H,2,16H2,1H3,(H,25,26). The Morgan fingerprint density at radius 2 is 1.55 bits per heavy atom. The van der Waals surface area contributed by atoms with Crippen LogP contribution in [0.4, 0.5) is 5.69 Å². The number of esters is 1. The van der Waals surface area contributed by atoms with Crippen LogP contribution < -0.4 is 10.0 Å². The van der Waals surface area contributed by atoms with Crippen molar-refractivity contribution in [1.29, 1.82) is 0 Å². The quantitative estimate of drug-likeness (QED) is 0.525. The fourth-order valence-corrected chi connectivity index (χ4v) is 3.94. The van der Waals surface area contributed by atoms with E-state index in [0.29, 0.717) is 5.69 Å². The number of hydrogen-bond donors (Lipinski definition) is 2. The molecule has 2 N–H and O–H groups in total. The molecule has 0 fully saturated rings. The third-order valence-electron chi connectivity index (χ3n) is 4.32. The molecule has 160 valence electrons. The molecule has 31 heavy (non-hydrogen) atoms. The highest BCUT2D eigenvalue weighted by atomic mass is 32.2. The van der Waals surface area contributed by atoms with Gasteiger partial charge in [0.15, 0.2) is 6.61 Å². The summed E-state index contributed by atoms with van der Waals surface area (Å²) < 4.78 is 31.5. The molecule has 7 nitrogen and oxygen atoms in total. The van der Waals surface area contributed by atoms with E-state index in [1.807, 2.05) is 42.5 Å². The number of carbonyl (C=O) groups excluding carboxylic acids is 2. The molecule has 0 spiro atoms. The summed E-state index contributed by atoms with van der Waals surface area (Å²) in [5.41, 5.74) is 2.68. The second-order valence-electron chi connectivity index (χ2n) is 6.60. The van der Waals surface area contributed by atoms with Crippen LogP contribution in [0.2, 0.25) is 0 Å². The normalized spacial score (nSPS) is 11.0. The molecule has 0 atom stereocenters. The van der Waals surface area contributed by atoms with Gasteiger partial charge in [0.1, 0.15) is 0 Å². The number of carbonyl (C=O) groups is 2. The lowest BCUT2D eigenvalue weighted by Gasteiger charge is -2.09. The SMILES string of the molecule is CCNS(=O)(=O)c1cccc(C(=O)OCC(=O)Nc2ccc(-c3ccccc3)cc2)c1. The molecule has 0 bridgehead atoms. The maximum Gasteiger partial charge on any atom is 0.338 e. The first-order valence-electron chi connectivity index (χ1n) is 9.61. The van der Waals surface area contributed by atoms with E-state index >= 15 is 0 Å². The molecule has 0 heterocycles. The molecule has 0 aliphatic rings. The van der Waals surface area contributed by atoms with Crippen molar-refractivity contribution in [1.82, 2.24) is 4.72 Å². The Kier molecular flexibility index (Phi) is 7.17. The molecule has 0 radical (unpaired) electrons. The number of anilines is 1. The van der Waals surface area contributed by atoms with E-state index in [1.165, 1.54) is 24.3 Å². The summed E-state index contributed by atoms with van der Waals surface area (Å²) in [7, 11) is -3.70. The number of nitrogens with one attached hydrogen (secondary N) is 2. The van der Waals surface area contributed by atoms with Crippen LogP contribution in [0.3, 0.4) is 0 Å². The van der Waals surface area contributed by atoms with Gasteiger partial charge in [-0.15, -0.1) is 0 Å². The molecular weight excluding hydrogens is 416 g/mol. The molecule has 3 aromatic carbocycles. The molecular formula is C23H22N2O5S. The highest BCUT2D eigenvalue weighted by Crippen LogP contribution is 2.21. The van der Waals surface area contributed by atoms with Gasteiger partial charge in [-0.1, -0.05) is 55.5 Å². The largest absolute Gasteiger partial charge is 0.452 e. The number of ether oxygens (including phenoxy) is 1. The summed E-state index contributed by atoms with van der Waals surface area (Å²) in [4.78, 5) is 24.3. The first kappa shape index (κ1) is 22.2. The lowest BCUT2D eigenvalue weighted by Crippen LogP contribution is -2.24. The summed E-state index contributed by atoms with van der Waals surface area (Å²) in [5.74, 6) is -1.29. The van der Waals surface area contributed by atoms with Gasteiger partial charge < -0.3 is 10.1 Å². The average molecular weight is 439 g/mol. The average Bonchev–Trinajstić information content (AvgIpc) is 2.78. The topological polar surface area (TPSA) is 102 Å². The molecule has 0 unspecified atom stereocenters. The van der Waals surface area contributed by atoms with Gasteiger partial charge in [0, 0.05) is 12.2 Å². The lowest BCUT2D eigenvalue weighted by atomic mass is 10.1. The molecule has 0 saturated carbocycles. The van der Waals surface area contributed by atoms with E-state index < -0.39 is 28.5 Å². The lowest BCUT2D eigenvalue weighted by molar-refractivity contribution is -0.119. The van der Waals surface area contributed by atoms with Crippen molar-refractivity contribution >= 4 is 27.6 Å². The van der Waals surface area contributed by atoms with E-state index in [1.54, 1.807) is 19.1 Å². The summed E-state index contributed by atoms with van der Waals surface area (Å²) in [6.45, 7) is 1.39. The van der Waals surface area contributed by atoms with Crippen molar-refractivity contribution in [2.24, 2.45) is 0 Å². The van der Waals surface area contributed by atoms with Crippen molar-refractivity contribution in [2.45, 2.75) is 11.8 Å². The Morgan fingerprint density at radius 3 is 2.23 bits per heavy atom. The third-order valence-corrected chi connectivity index (χ3v) is 5.87. The fraction of sp³-hybridized carbons (Fsp3) is 0.130. The van der Waals surface area contributed by atoms with Crippen molar-refractivity contribution < 1.29 is 22.7 Å². The summed E-state index contributed by atoms with van der Waals surface area (Å²) >= 11 is 0. The van der Waals surface area contributed by atoms with Gasteiger partial charge in [-0.25, -0.2) is 17.9 Å². The molecule has 0 aliphatic heterocycles. The zero-order valence-corrected chi connectivity index (χ0v) is 17.7. The van der Waals surface area contributed by atoms with Gasteiger partial charge in [-0.3, -0.25) is 4.79 Å². The Balaban J connectivity index is 1.57. The van der Waals surface area contributed by atoms with Gasteiger partial charge in [-0.2, -0.15) is 0 Å². The zero-order valence-electron chi connectivity index (χ0n) is 16.9. The minimum absolute atomic E-state index is 0.0407. The summed E-state index contributed by atoms with van der Waals surface area (Å²) in [5, 5.41) is 2.66. The van der Waals surface area contributed by atoms with Crippen molar-refractivity contribution in [3.63, 3.8) is 0 Å². The predicted molar refractivity (Wildman–Crippen MR) is 118 cm³/mol. The van der Waals surface area contributed by atoms with E-state index in [-0.39, 0.29) is 17.0 Å². The van der Waals surface area contributed by atoms with Crippen LogP contribution in [0.5, 0.6) is 0 Å². The van der Waals surface area contributed by atoms with Gasteiger partial charge >= 0.3 is 5.97 Å². The smallest absolute Gasteiger partial charge is 0.338 e. The molecule has 3 rings (SSSR count).